The van der Waals surface area contributed by atoms with E-state index in [1.807, 2.05) is 0 Å². The van der Waals surface area contributed by atoms with Crippen LogP contribution in [0.3, 0.4) is 0 Å². The van der Waals surface area contributed by atoms with Crippen LogP contribution in [0.15, 0.2) is 11.6 Å². The van der Waals surface area contributed by atoms with E-state index in [0.717, 1.165) is 12.8 Å². The maximum absolute atomic E-state index is 5.38. The van der Waals surface area contributed by atoms with Gasteiger partial charge in [-0.1, -0.05) is 45.1 Å². The first-order valence-corrected chi connectivity index (χ1v) is 5.00. The van der Waals surface area contributed by atoms with Gasteiger partial charge in [0.1, 0.15) is 0 Å². The van der Waals surface area contributed by atoms with Gasteiger partial charge >= 0.3 is 0 Å². The molecule has 12 heavy (non-hydrogen) atoms. The summed E-state index contributed by atoms with van der Waals surface area (Å²) < 4.78 is 0. The quantitative estimate of drug-likeness (QED) is 0.412. The number of terminal acetylenes is 1. The summed E-state index contributed by atoms with van der Waals surface area (Å²) in [7, 11) is 0. The molecule has 0 radical (unpaired) electrons. The fourth-order valence-corrected chi connectivity index (χ4v) is 1.08. The fourth-order valence-electron chi connectivity index (χ4n) is 1.08. The minimum Gasteiger partial charge on any atom is -0.115 e. The molecular formula is C12H20. The molecule has 0 aromatic carbocycles. The van der Waals surface area contributed by atoms with Crippen molar-refractivity contribution in [2.75, 3.05) is 0 Å². The van der Waals surface area contributed by atoms with Crippen molar-refractivity contribution in [3.05, 3.63) is 11.6 Å². The van der Waals surface area contributed by atoms with Gasteiger partial charge in [0.15, 0.2) is 0 Å². The third-order valence-corrected chi connectivity index (χ3v) is 1.93. The Hall–Kier alpha value is -0.700. The number of allylic oxidation sites excluding steroid dienone is 2. The molecule has 0 heteroatoms. The first-order chi connectivity index (χ1) is 5.85. The van der Waals surface area contributed by atoms with E-state index >= 15 is 0 Å². The normalized spacial score (nSPS) is 11.2. The van der Waals surface area contributed by atoms with Crippen LogP contribution < -0.4 is 0 Å². The molecule has 0 aliphatic rings. The van der Waals surface area contributed by atoms with Crippen LogP contribution in [0.5, 0.6) is 0 Å². The summed E-state index contributed by atoms with van der Waals surface area (Å²) in [6.07, 6.45) is 14.8. The Labute approximate surface area is 77.1 Å². The molecule has 0 amide bonds. The zero-order chi connectivity index (χ0) is 9.23. The van der Waals surface area contributed by atoms with E-state index < -0.39 is 0 Å². The van der Waals surface area contributed by atoms with E-state index in [4.69, 9.17) is 6.42 Å². The highest BCUT2D eigenvalue weighted by molar-refractivity contribution is 5.24. The lowest BCUT2D eigenvalue weighted by molar-refractivity contribution is 0.781. The first kappa shape index (κ1) is 11.3. The van der Waals surface area contributed by atoms with E-state index in [-0.39, 0.29) is 0 Å². The van der Waals surface area contributed by atoms with E-state index in [2.05, 4.69) is 25.8 Å². The Kier molecular flexibility index (Phi) is 7.91. The van der Waals surface area contributed by atoms with Crippen LogP contribution in [-0.2, 0) is 0 Å². The second-order valence-electron chi connectivity index (χ2n) is 3.12. The van der Waals surface area contributed by atoms with Crippen molar-refractivity contribution in [2.45, 2.75) is 52.4 Å². The predicted octanol–water partition coefficient (Wildman–Crippen LogP) is 3.93. The summed E-state index contributed by atoms with van der Waals surface area (Å²) in [5.74, 6) is 2.76. The Bertz CT molecular complexity index is 157. The SMILES string of the molecule is C#C/C(=C\CCCC)CCCC. The van der Waals surface area contributed by atoms with Gasteiger partial charge < -0.3 is 0 Å². The third kappa shape index (κ3) is 6.04. The second kappa shape index (κ2) is 8.40. The molecule has 0 bridgehead atoms. The summed E-state index contributed by atoms with van der Waals surface area (Å²) in [6.45, 7) is 4.40. The molecule has 0 aromatic rings. The van der Waals surface area contributed by atoms with Crippen LogP contribution in [0, 0.1) is 12.3 Å². The number of rotatable bonds is 6. The highest BCUT2D eigenvalue weighted by Gasteiger charge is 1.91. The molecule has 0 unspecified atom stereocenters. The van der Waals surface area contributed by atoms with Crippen LogP contribution in [0.2, 0.25) is 0 Å². The third-order valence-electron chi connectivity index (χ3n) is 1.93. The monoisotopic (exact) mass is 164 g/mol. The lowest BCUT2D eigenvalue weighted by Crippen LogP contribution is -1.80. The Balaban J connectivity index is 3.65. The maximum Gasteiger partial charge on any atom is -0.00223 e. The number of unbranched alkanes of at least 4 members (excludes halogenated alkanes) is 3. The molecule has 0 spiro atoms. The Morgan fingerprint density at radius 1 is 1.25 bits per heavy atom. The van der Waals surface area contributed by atoms with Crippen LogP contribution in [-0.4, -0.2) is 0 Å². The van der Waals surface area contributed by atoms with E-state index in [0.29, 0.717) is 0 Å². The van der Waals surface area contributed by atoms with Crippen molar-refractivity contribution in [3.8, 4) is 12.3 Å². The van der Waals surface area contributed by atoms with Crippen molar-refractivity contribution in [2.24, 2.45) is 0 Å². The molecule has 0 heterocycles. The average Bonchev–Trinajstić information content (AvgIpc) is 2.11. The number of hydrogen-bond acceptors (Lipinski definition) is 0. The van der Waals surface area contributed by atoms with Gasteiger partial charge in [0.2, 0.25) is 0 Å². The zero-order valence-electron chi connectivity index (χ0n) is 8.40. The molecule has 0 aliphatic carbocycles. The first-order valence-electron chi connectivity index (χ1n) is 5.00. The molecule has 0 fully saturated rings. The molecule has 0 aromatic heterocycles. The Morgan fingerprint density at radius 2 is 1.92 bits per heavy atom. The predicted molar refractivity (Wildman–Crippen MR) is 56.0 cm³/mol. The summed E-state index contributed by atoms with van der Waals surface area (Å²) in [5, 5.41) is 0. The molecule has 0 saturated heterocycles. The van der Waals surface area contributed by atoms with Crippen LogP contribution >= 0.6 is 0 Å². The molecule has 0 N–H and O–H groups in total. The van der Waals surface area contributed by atoms with Gasteiger partial charge in [-0.2, -0.15) is 0 Å². The summed E-state index contributed by atoms with van der Waals surface area (Å²) in [6, 6.07) is 0. The topological polar surface area (TPSA) is 0 Å². The lowest BCUT2D eigenvalue weighted by atomic mass is 10.1. The molecule has 0 aliphatic heterocycles. The van der Waals surface area contributed by atoms with Gasteiger partial charge in [-0.3, -0.25) is 0 Å². The van der Waals surface area contributed by atoms with Gasteiger partial charge in [0.05, 0.1) is 0 Å². The molecular weight excluding hydrogens is 144 g/mol. The van der Waals surface area contributed by atoms with E-state index in [1.165, 1.54) is 31.3 Å². The van der Waals surface area contributed by atoms with Crippen molar-refractivity contribution in [1.29, 1.82) is 0 Å². The molecule has 0 nitrogen and oxygen atoms in total. The second-order valence-corrected chi connectivity index (χ2v) is 3.12. The average molecular weight is 164 g/mol. The molecule has 0 atom stereocenters. The zero-order valence-corrected chi connectivity index (χ0v) is 8.40. The molecule has 0 rings (SSSR count). The van der Waals surface area contributed by atoms with Crippen molar-refractivity contribution in [3.63, 3.8) is 0 Å². The standard InChI is InChI=1S/C12H20/c1-4-7-9-11-12(6-3)10-8-5-2/h3,11H,4-5,7-10H2,1-2H3/b12-11+. The van der Waals surface area contributed by atoms with E-state index in [1.54, 1.807) is 0 Å². The van der Waals surface area contributed by atoms with E-state index in [9.17, 15) is 0 Å². The smallest absolute Gasteiger partial charge is 0.00223 e. The maximum atomic E-state index is 5.38. The van der Waals surface area contributed by atoms with Gasteiger partial charge in [-0.25, -0.2) is 0 Å². The van der Waals surface area contributed by atoms with Gasteiger partial charge in [0.25, 0.3) is 0 Å². The van der Waals surface area contributed by atoms with Crippen molar-refractivity contribution in [1.82, 2.24) is 0 Å². The lowest BCUT2D eigenvalue weighted by Gasteiger charge is -1.97. The highest BCUT2D eigenvalue weighted by Crippen LogP contribution is 2.08. The fraction of sp³-hybridized carbons (Fsp3) is 0.667. The van der Waals surface area contributed by atoms with Gasteiger partial charge in [-0.15, -0.1) is 6.42 Å². The van der Waals surface area contributed by atoms with Gasteiger partial charge in [0, 0.05) is 0 Å². The minimum atomic E-state index is 1.09. The number of hydrogen-bond donors (Lipinski definition) is 0. The van der Waals surface area contributed by atoms with Crippen LogP contribution in [0.4, 0.5) is 0 Å². The summed E-state index contributed by atoms with van der Waals surface area (Å²) >= 11 is 0. The van der Waals surface area contributed by atoms with Gasteiger partial charge in [-0.05, 0) is 24.8 Å². The Morgan fingerprint density at radius 3 is 2.42 bits per heavy atom. The largest absolute Gasteiger partial charge is 0.115 e. The molecule has 68 valence electrons. The van der Waals surface area contributed by atoms with Crippen molar-refractivity contribution >= 4 is 0 Å². The minimum absolute atomic E-state index is 1.09. The van der Waals surface area contributed by atoms with Crippen molar-refractivity contribution < 1.29 is 0 Å². The van der Waals surface area contributed by atoms with Crippen LogP contribution in [0.25, 0.3) is 0 Å². The molecule has 0 saturated carbocycles. The van der Waals surface area contributed by atoms with Crippen LogP contribution in [0.1, 0.15) is 52.4 Å². The summed E-state index contributed by atoms with van der Waals surface area (Å²) in [4.78, 5) is 0. The highest BCUT2D eigenvalue weighted by atomic mass is 14.0. The summed E-state index contributed by atoms with van der Waals surface area (Å²) in [5.41, 5.74) is 1.20.